The fourth-order valence-electron chi connectivity index (χ4n) is 2.97. The lowest BCUT2D eigenvalue weighted by Crippen LogP contribution is -2.24. The van der Waals surface area contributed by atoms with Gasteiger partial charge in [0.1, 0.15) is 11.2 Å². The van der Waals surface area contributed by atoms with E-state index >= 15 is 0 Å². The third-order valence-electron chi connectivity index (χ3n) is 4.31. The zero-order valence-electron chi connectivity index (χ0n) is 16.0. The second kappa shape index (κ2) is 8.04. The molecule has 0 aliphatic carbocycles. The van der Waals surface area contributed by atoms with Gasteiger partial charge < -0.3 is 14.6 Å². The molecule has 0 spiro atoms. The summed E-state index contributed by atoms with van der Waals surface area (Å²) in [4.78, 5) is 41.8. The van der Waals surface area contributed by atoms with Crippen LogP contribution < -0.4 is 10.7 Å². The number of hydrogen-bond donors (Lipinski definition) is 1. The lowest BCUT2D eigenvalue weighted by atomic mass is 10.1. The molecule has 3 rings (SSSR count). The summed E-state index contributed by atoms with van der Waals surface area (Å²) in [6.07, 6.45) is 2.37. The number of rotatable bonds is 5. The minimum Gasteiger partial charge on any atom is -0.465 e. The summed E-state index contributed by atoms with van der Waals surface area (Å²) in [5.41, 5.74) is 1.72. The minimum atomic E-state index is -0.542. The summed E-state index contributed by atoms with van der Waals surface area (Å²) in [6.45, 7) is 4.50. The summed E-state index contributed by atoms with van der Waals surface area (Å²) in [5, 5.41) is 3.08. The number of methoxy groups -OCH3 is 1. The Bertz CT molecular complexity index is 1120. The average Bonchev–Trinajstić information content (AvgIpc) is 2.69. The number of ether oxygens (including phenoxy) is 1. The fraction of sp³-hybridized carbons (Fsp3) is 0.238. The van der Waals surface area contributed by atoms with E-state index in [2.05, 4.69) is 15.0 Å². The van der Waals surface area contributed by atoms with E-state index in [9.17, 15) is 14.4 Å². The normalized spacial score (nSPS) is 10.7. The second-order valence-corrected chi connectivity index (χ2v) is 6.42. The Kier molecular flexibility index (Phi) is 5.54. The first kappa shape index (κ1) is 19.3. The number of hydrogen-bond acceptors (Lipinski definition) is 5. The maximum absolute atomic E-state index is 12.9. The number of carbonyl (C=O) groups excluding carboxylic acids is 2. The smallest absolute Gasteiger partial charge is 0.337 e. The van der Waals surface area contributed by atoms with Gasteiger partial charge in [0.15, 0.2) is 0 Å². The van der Waals surface area contributed by atoms with Crippen LogP contribution in [0.3, 0.4) is 0 Å². The molecule has 2 aromatic heterocycles. The van der Waals surface area contributed by atoms with Gasteiger partial charge in [-0.15, -0.1) is 0 Å². The Morgan fingerprint density at radius 2 is 2.00 bits per heavy atom. The highest BCUT2D eigenvalue weighted by atomic mass is 16.5. The first-order chi connectivity index (χ1) is 13.4. The van der Waals surface area contributed by atoms with Gasteiger partial charge in [-0.25, -0.2) is 9.78 Å². The second-order valence-electron chi connectivity index (χ2n) is 6.42. The molecule has 0 saturated heterocycles. The lowest BCUT2D eigenvalue weighted by Gasteiger charge is -2.13. The van der Waals surface area contributed by atoms with Crippen LogP contribution in [0.5, 0.6) is 0 Å². The maximum atomic E-state index is 12.9. The van der Waals surface area contributed by atoms with Crippen molar-refractivity contribution in [2.45, 2.75) is 26.8 Å². The first-order valence-electron chi connectivity index (χ1n) is 8.95. The number of esters is 1. The molecule has 3 aromatic rings. The van der Waals surface area contributed by atoms with Gasteiger partial charge in [-0.1, -0.05) is 13.0 Å². The zero-order chi connectivity index (χ0) is 20.3. The number of benzene rings is 1. The van der Waals surface area contributed by atoms with Crippen molar-refractivity contribution in [3.05, 3.63) is 69.6 Å². The van der Waals surface area contributed by atoms with Crippen molar-refractivity contribution >= 4 is 28.6 Å². The molecule has 0 aliphatic heterocycles. The number of pyridine rings is 2. The molecule has 7 heteroatoms. The summed E-state index contributed by atoms with van der Waals surface area (Å²) in [7, 11) is 1.29. The van der Waals surface area contributed by atoms with Crippen molar-refractivity contribution in [1.82, 2.24) is 9.55 Å². The molecular weight excluding hydrogens is 358 g/mol. The molecule has 1 N–H and O–H groups in total. The molecule has 144 valence electrons. The van der Waals surface area contributed by atoms with Gasteiger partial charge in [-0.05, 0) is 43.7 Å². The molecule has 2 heterocycles. The molecule has 1 aromatic carbocycles. The molecule has 0 fully saturated rings. The molecule has 0 unspecified atom stereocenters. The van der Waals surface area contributed by atoms with Crippen LogP contribution >= 0.6 is 0 Å². The predicted octanol–water partition coefficient (Wildman–Crippen LogP) is 3.15. The van der Waals surface area contributed by atoms with Gasteiger partial charge in [0.2, 0.25) is 5.43 Å². The topological polar surface area (TPSA) is 90.3 Å². The van der Waals surface area contributed by atoms with Crippen molar-refractivity contribution in [2.75, 3.05) is 12.4 Å². The Hall–Kier alpha value is -3.48. The van der Waals surface area contributed by atoms with Crippen molar-refractivity contribution in [2.24, 2.45) is 0 Å². The number of nitrogens with one attached hydrogen (secondary N) is 1. The van der Waals surface area contributed by atoms with Gasteiger partial charge in [0.05, 0.1) is 18.1 Å². The molecule has 0 bridgehead atoms. The van der Waals surface area contributed by atoms with E-state index in [1.165, 1.54) is 13.2 Å². The average molecular weight is 379 g/mol. The third kappa shape index (κ3) is 3.78. The summed E-state index contributed by atoms with van der Waals surface area (Å²) in [5.74, 6) is -1.05. The van der Waals surface area contributed by atoms with Gasteiger partial charge in [0.25, 0.3) is 5.91 Å². The van der Waals surface area contributed by atoms with Crippen LogP contribution in [-0.4, -0.2) is 28.5 Å². The van der Waals surface area contributed by atoms with Crippen molar-refractivity contribution in [3.8, 4) is 0 Å². The predicted molar refractivity (Wildman–Crippen MR) is 107 cm³/mol. The largest absolute Gasteiger partial charge is 0.465 e. The number of anilines is 1. The van der Waals surface area contributed by atoms with Gasteiger partial charge in [0, 0.05) is 24.1 Å². The number of fused-ring (bicyclic) bond motifs is 1. The molecule has 0 saturated carbocycles. The summed E-state index contributed by atoms with van der Waals surface area (Å²) >= 11 is 0. The SMILES string of the molecule is CCCn1cc(C(=O)Nc2cccc(C(=O)OC)c2)c(=O)c2ccc(C)nc21. The summed E-state index contributed by atoms with van der Waals surface area (Å²) < 4.78 is 6.51. The molecule has 0 aliphatic rings. The maximum Gasteiger partial charge on any atom is 0.337 e. The van der Waals surface area contributed by atoms with Crippen molar-refractivity contribution in [3.63, 3.8) is 0 Å². The number of nitrogens with zero attached hydrogens (tertiary/aromatic N) is 2. The fourth-order valence-corrected chi connectivity index (χ4v) is 2.97. The number of amides is 1. The number of carbonyl (C=O) groups is 2. The standard InChI is InChI=1S/C21H21N3O4/c1-4-10-24-12-17(18(25)16-9-8-13(2)22-19(16)24)20(26)23-15-7-5-6-14(11-15)21(27)28-3/h5-9,11-12H,4,10H2,1-3H3,(H,23,26). The van der Waals surface area contributed by atoms with E-state index < -0.39 is 11.9 Å². The summed E-state index contributed by atoms with van der Waals surface area (Å²) in [6, 6.07) is 9.80. The highest BCUT2D eigenvalue weighted by Gasteiger charge is 2.17. The zero-order valence-corrected chi connectivity index (χ0v) is 16.0. The van der Waals surface area contributed by atoms with Gasteiger partial charge in [-0.2, -0.15) is 0 Å². The molecular formula is C21H21N3O4. The third-order valence-corrected chi connectivity index (χ3v) is 4.31. The van der Waals surface area contributed by atoms with E-state index in [0.717, 1.165) is 12.1 Å². The van der Waals surface area contributed by atoms with Crippen LogP contribution in [0.15, 0.2) is 47.4 Å². The van der Waals surface area contributed by atoms with Gasteiger partial charge >= 0.3 is 5.97 Å². The minimum absolute atomic E-state index is 0.0232. The van der Waals surface area contributed by atoms with Crippen LogP contribution in [0, 0.1) is 6.92 Å². The Morgan fingerprint density at radius 1 is 1.21 bits per heavy atom. The van der Waals surface area contributed by atoms with Crippen molar-refractivity contribution < 1.29 is 14.3 Å². The molecule has 1 amide bonds. The Balaban J connectivity index is 2.02. The van der Waals surface area contributed by atoms with Crippen LogP contribution in [0.1, 0.15) is 39.8 Å². The number of aryl methyl sites for hydroxylation is 2. The molecule has 7 nitrogen and oxygen atoms in total. The Labute approximate surface area is 162 Å². The number of aromatic nitrogens is 2. The molecule has 0 atom stereocenters. The highest BCUT2D eigenvalue weighted by Crippen LogP contribution is 2.15. The lowest BCUT2D eigenvalue weighted by molar-refractivity contribution is 0.0600. The first-order valence-corrected chi connectivity index (χ1v) is 8.95. The van der Waals surface area contributed by atoms with E-state index in [-0.39, 0.29) is 11.0 Å². The van der Waals surface area contributed by atoms with Crippen LogP contribution in [0.4, 0.5) is 5.69 Å². The quantitative estimate of drug-likeness (QED) is 0.688. The molecule has 28 heavy (non-hydrogen) atoms. The van der Waals surface area contributed by atoms with E-state index in [0.29, 0.717) is 28.8 Å². The van der Waals surface area contributed by atoms with E-state index in [4.69, 9.17) is 0 Å². The monoisotopic (exact) mass is 379 g/mol. The van der Waals surface area contributed by atoms with Gasteiger partial charge in [-0.3, -0.25) is 9.59 Å². The van der Waals surface area contributed by atoms with Crippen LogP contribution in [0.25, 0.3) is 11.0 Å². The van der Waals surface area contributed by atoms with E-state index in [1.807, 2.05) is 18.4 Å². The molecule has 0 radical (unpaired) electrons. The van der Waals surface area contributed by atoms with Crippen molar-refractivity contribution in [1.29, 1.82) is 0 Å². The highest BCUT2D eigenvalue weighted by molar-refractivity contribution is 6.06. The van der Waals surface area contributed by atoms with Crippen LogP contribution in [-0.2, 0) is 11.3 Å². The van der Waals surface area contributed by atoms with Crippen LogP contribution in [0.2, 0.25) is 0 Å². The van der Waals surface area contributed by atoms with E-state index in [1.54, 1.807) is 36.5 Å². The Morgan fingerprint density at radius 3 is 2.71 bits per heavy atom.